The Labute approximate surface area is 123 Å². The highest BCUT2D eigenvalue weighted by molar-refractivity contribution is 5.87. The first-order chi connectivity index (χ1) is 10.2. The maximum absolute atomic E-state index is 12.6. The number of piperidine rings is 1. The van der Waals surface area contributed by atoms with Gasteiger partial charge < -0.3 is 15.1 Å². The van der Waals surface area contributed by atoms with Crippen molar-refractivity contribution in [1.29, 1.82) is 0 Å². The number of amides is 2. The third kappa shape index (κ3) is 3.12. The molecule has 2 saturated heterocycles. The van der Waals surface area contributed by atoms with E-state index in [0.29, 0.717) is 25.6 Å². The van der Waals surface area contributed by atoms with Gasteiger partial charge in [0.15, 0.2) is 0 Å². The van der Waals surface area contributed by atoms with Gasteiger partial charge in [-0.2, -0.15) is 0 Å². The molecule has 3 heterocycles. The zero-order chi connectivity index (χ0) is 14.7. The van der Waals surface area contributed by atoms with Gasteiger partial charge in [-0.05, 0) is 18.9 Å². The van der Waals surface area contributed by atoms with Crippen LogP contribution in [0.2, 0.25) is 0 Å². The van der Waals surface area contributed by atoms with Crippen molar-refractivity contribution in [3.8, 4) is 0 Å². The van der Waals surface area contributed by atoms with E-state index in [2.05, 4.69) is 20.2 Å². The first kappa shape index (κ1) is 13.8. The van der Waals surface area contributed by atoms with E-state index in [9.17, 15) is 9.59 Å². The van der Waals surface area contributed by atoms with Crippen LogP contribution in [0.1, 0.15) is 12.8 Å². The first-order valence-corrected chi connectivity index (χ1v) is 7.31. The quantitative estimate of drug-likeness (QED) is 0.805. The molecule has 0 aromatic carbocycles. The summed E-state index contributed by atoms with van der Waals surface area (Å²) in [4.78, 5) is 36.2. The van der Waals surface area contributed by atoms with Gasteiger partial charge in [0, 0.05) is 38.6 Å². The summed E-state index contributed by atoms with van der Waals surface area (Å²) in [5.74, 6) is 0.596. The summed E-state index contributed by atoms with van der Waals surface area (Å²) in [6.45, 7) is 2.82. The molecule has 112 valence electrons. The third-order valence-electron chi connectivity index (χ3n) is 3.96. The van der Waals surface area contributed by atoms with Gasteiger partial charge in [0.1, 0.15) is 0 Å². The maximum Gasteiger partial charge on any atom is 0.239 e. The van der Waals surface area contributed by atoms with Gasteiger partial charge in [-0.25, -0.2) is 9.97 Å². The predicted molar refractivity (Wildman–Crippen MR) is 76.6 cm³/mol. The number of nitrogens with zero attached hydrogens (tertiary/aromatic N) is 4. The topological polar surface area (TPSA) is 78.4 Å². The van der Waals surface area contributed by atoms with E-state index in [1.165, 1.54) is 0 Å². The van der Waals surface area contributed by atoms with Crippen LogP contribution in [-0.2, 0) is 9.59 Å². The Hall–Kier alpha value is -2.18. The zero-order valence-corrected chi connectivity index (χ0v) is 11.9. The van der Waals surface area contributed by atoms with Crippen LogP contribution in [0, 0.1) is 5.92 Å². The van der Waals surface area contributed by atoms with Crippen molar-refractivity contribution in [2.45, 2.75) is 12.8 Å². The van der Waals surface area contributed by atoms with E-state index in [-0.39, 0.29) is 24.3 Å². The molecule has 1 unspecified atom stereocenters. The summed E-state index contributed by atoms with van der Waals surface area (Å²) in [7, 11) is 0. The van der Waals surface area contributed by atoms with Crippen molar-refractivity contribution in [3.63, 3.8) is 0 Å². The molecule has 2 aliphatic heterocycles. The molecule has 2 amide bonds. The van der Waals surface area contributed by atoms with E-state index < -0.39 is 0 Å². The fourth-order valence-electron chi connectivity index (χ4n) is 2.90. The van der Waals surface area contributed by atoms with E-state index >= 15 is 0 Å². The highest BCUT2D eigenvalue weighted by Gasteiger charge is 2.32. The molecular formula is C14H19N5O2. The Morgan fingerprint density at radius 1 is 1.29 bits per heavy atom. The number of aromatic nitrogens is 2. The molecule has 2 fully saturated rings. The number of rotatable bonds is 2. The van der Waals surface area contributed by atoms with Gasteiger partial charge in [-0.3, -0.25) is 9.59 Å². The molecule has 0 radical (unpaired) electrons. The minimum absolute atomic E-state index is 0.0745. The molecule has 21 heavy (non-hydrogen) atoms. The van der Waals surface area contributed by atoms with Crippen LogP contribution >= 0.6 is 0 Å². The SMILES string of the molecule is O=C1CN(C(=O)C2CCCN(c3ncccn3)C2)CCN1. The van der Waals surface area contributed by atoms with Gasteiger partial charge in [-0.1, -0.05) is 0 Å². The van der Waals surface area contributed by atoms with Crippen LogP contribution < -0.4 is 10.2 Å². The van der Waals surface area contributed by atoms with Gasteiger partial charge in [0.2, 0.25) is 17.8 Å². The van der Waals surface area contributed by atoms with Crippen molar-refractivity contribution in [3.05, 3.63) is 18.5 Å². The summed E-state index contributed by atoms with van der Waals surface area (Å²) in [6, 6.07) is 1.78. The normalized spacial score (nSPS) is 22.9. The Morgan fingerprint density at radius 3 is 2.86 bits per heavy atom. The lowest BCUT2D eigenvalue weighted by atomic mass is 9.96. The van der Waals surface area contributed by atoms with Crippen LogP contribution in [-0.4, -0.2) is 59.4 Å². The molecule has 1 aromatic rings. The number of carbonyl (C=O) groups is 2. The Kier molecular flexibility index (Phi) is 3.98. The van der Waals surface area contributed by atoms with E-state index in [0.717, 1.165) is 19.4 Å². The van der Waals surface area contributed by atoms with Crippen molar-refractivity contribution in [1.82, 2.24) is 20.2 Å². The fourth-order valence-corrected chi connectivity index (χ4v) is 2.90. The summed E-state index contributed by atoms with van der Waals surface area (Å²) in [5, 5.41) is 2.74. The second kappa shape index (κ2) is 6.07. The molecule has 7 nitrogen and oxygen atoms in total. The molecule has 1 atom stereocenters. The lowest BCUT2D eigenvalue weighted by Gasteiger charge is -2.36. The monoisotopic (exact) mass is 289 g/mol. The summed E-state index contributed by atoms with van der Waals surface area (Å²) in [6.07, 6.45) is 5.22. The predicted octanol–water partition coefficient (Wildman–Crippen LogP) is -0.349. The van der Waals surface area contributed by atoms with Crippen LogP contribution in [0.25, 0.3) is 0 Å². The molecule has 0 aliphatic carbocycles. The fraction of sp³-hybridized carbons (Fsp3) is 0.571. The molecule has 2 aliphatic rings. The largest absolute Gasteiger partial charge is 0.353 e. The minimum Gasteiger partial charge on any atom is -0.353 e. The van der Waals surface area contributed by atoms with Gasteiger partial charge in [0.25, 0.3) is 0 Å². The standard InChI is InChI=1S/C14H19N5O2/c20-12-10-18(8-6-15-12)13(21)11-3-1-7-19(9-11)14-16-4-2-5-17-14/h2,4-5,11H,1,3,6-10H2,(H,15,20). The second-order valence-electron chi connectivity index (χ2n) is 5.44. The number of hydrogen-bond acceptors (Lipinski definition) is 5. The van der Waals surface area contributed by atoms with Crippen LogP contribution in [0.3, 0.4) is 0 Å². The second-order valence-corrected chi connectivity index (χ2v) is 5.44. The summed E-state index contributed by atoms with van der Waals surface area (Å²) in [5.41, 5.74) is 0. The van der Waals surface area contributed by atoms with Gasteiger partial charge >= 0.3 is 0 Å². The molecule has 1 N–H and O–H groups in total. The zero-order valence-electron chi connectivity index (χ0n) is 11.9. The molecule has 0 saturated carbocycles. The number of anilines is 1. The molecular weight excluding hydrogens is 270 g/mol. The van der Waals surface area contributed by atoms with Crippen molar-refractivity contribution in [2.75, 3.05) is 37.6 Å². The Morgan fingerprint density at radius 2 is 2.10 bits per heavy atom. The molecule has 7 heteroatoms. The summed E-state index contributed by atoms with van der Waals surface area (Å²) < 4.78 is 0. The van der Waals surface area contributed by atoms with Crippen molar-refractivity contribution < 1.29 is 9.59 Å². The average molecular weight is 289 g/mol. The van der Waals surface area contributed by atoms with Crippen LogP contribution in [0.5, 0.6) is 0 Å². The highest BCUT2D eigenvalue weighted by atomic mass is 16.2. The lowest BCUT2D eigenvalue weighted by Crippen LogP contribution is -2.53. The summed E-state index contributed by atoms with van der Waals surface area (Å²) >= 11 is 0. The lowest BCUT2D eigenvalue weighted by molar-refractivity contribution is -0.141. The van der Waals surface area contributed by atoms with Crippen molar-refractivity contribution in [2.24, 2.45) is 5.92 Å². The highest BCUT2D eigenvalue weighted by Crippen LogP contribution is 2.22. The smallest absolute Gasteiger partial charge is 0.239 e. The molecule has 0 bridgehead atoms. The minimum atomic E-state index is -0.0755. The molecule has 3 rings (SSSR count). The Bertz CT molecular complexity index is 521. The van der Waals surface area contributed by atoms with Gasteiger partial charge in [-0.15, -0.1) is 0 Å². The van der Waals surface area contributed by atoms with E-state index in [4.69, 9.17) is 0 Å². The third-order valence-corrected chi connectivity index (χ3v) is 3.96. The average Bonchev–Trinajstić information content (AvgIpc) is 2.55. The molecule has 0 spiro atoms. The van der Waals surface area contributed by atoms with Crippen molar-refractivity contribution >= 4 is 17.8 Å². The number of carbonyl (C=O) groups excluding carboxylic acids is 2. The maximum atomic E-state index is 12.6. The molecule has 1 aromatic heterocycles. The number of hydrogen-bond donors (Lipinski definition) is 1. The van der Waals surface area contributed by atoms with Crippen LogP contribution in [0.4, 0.5) is 5.95 Å². The van der Waals surface area contributed by atoms with E-state index in [1.54, 1.807) is 23.4 Å². The number of nitrogens with one attached hydrogen (secondary N) is 1. The first-order valence-electron chi connectivity index (χ1n) is 7.31. The number of piperazine rings is 1. The van der Waals surface area contributed by atoms with E-state index in [1.807, 2.05) is 0 Å². The van der Waals surface area contributed by atoms with Gasteiger partial charge in [0.05, 0.1) is 12.5 Å². The Balaban J connectivity index is 1.65. The van der Waals surface area contributed by atoms with Crippen LogP contribution in [0.15, 0.2) is 18.5 Å².